The molecular formula is C15H26N2O. The Bertz CT molecular complexity index is 326. The number of nitrogens with one attached hydrogen (secondary N) is 2. The minimum absolute atomic E-state index is 0.559. The van der Waals surface area contributed by atoms with Gasteiger partial charge in [0.15, 0.2) is 0 Å². The van der Waals surface area contributed by atoms with Crippen LogP contribution in [-0.4, -0.2) is 33.4 Å². The molecule has 0 radical (unpaired) electrons. The molecule has 1 rings (SSSR count). The number of benzene rings is 1. The molecular weight excluding hydrogens is 224 g/mol. The molecule has 0 saturated carbocycles. The van der Waals surface area contributed by atoms with Gasteiger partial charge in [-0.15, -0.1) is 0 Å². The van der Waals surface area contributed by atoms with Crippen molar-refractivity contribution in [2.45, 2.75) is 26.2 Å². The number of hydrogen-bond donors (Lipinski definition) is 2. The van der Waals surface area contributed by atoms with Gasteiger partial charge in [0, 0.05) is 32.5 Å². The van der Waals surface area contributed by atoms with Gasteiger partial charge < -0.3 is 15.4 Å². The maximum Gasteiger partial charge on any atom is 0.0474 e. The summed E-state index contributed by atoms with van der Waals surface area (Å²) in [6.45, 7) is 8.23. The minimum Gasteiger partial charge on any atom is -0.385 e. The molecule has 0 aromatic heterocycles. The summed E-state index contributed by atoms with van der Waals surface area (Å²) in [4.78, 5) is 0. The van der Waals surface area contributed by atoms with Gasteiger partial charge in [0.1, 0.15) is 0 Å². The Hall–Kier alpha value is -1.06. The summed E-state index contributed by atoms with van der Waals surface area (Å²) in [7, 11) is 1.74. The van der Waals surface area contributed by atoms with Crippen molar-refractivity contribution in [2.24, 2.45) is 0 Å². The molecule has 18 heavy (non-hydrogen) atoms. The Labute approximate surface area is 111 Å². The molecule has 0 unspecified atom stereocenters. The maximum absolute atomic E-state index is 5.00. The largest absolute Gasteiger partial charge is 0.385 e. The molecule has 0 fully saturated rings. The first kappa shape index (κ1) is 15.0. The van der Waals surface area contributed by atoms with Crippen LogP contribution < -0.4 is 10.6 Å². The van der Waals surface area contributed by atoms with Gasteiger partial charge in [0.2, 0.25) is 0 Å². The Morgan fingerprint density at radius 3 is 2.61 bits per heavy atom. The summed E-state index contributed by atoms with van der Waals surface area (Å²) in [5.41, 5.74) is 2.64. The van der Waals surface area contributed by atoms with Crippen molar-refractivity contribution in [1.82, 2.24) is 5.32 Å². The average Bonchev–Trinajstić information content (AvgIpc) is 2.38. The first-order valence-electron chi connectivity index (χ1n) is 6.78. The van der Waals surface area contributed by atoms with Gasteiger partial charge >= 0.3 is 0 Å². The summed E-state index contributed by atoms with van der Waals surface area (Å²) in [5.74, 6) is 0.559. The molecule has 102 valence electrons. The van der Waals surface area contributed by atoms with E-state index in [2.05, 4.69) is 48.7 Å². The van der Waals surface area contributed by atoms with E-state index in [9.17, 15) is 0 Å². The lowest BCUT2D eigenvalue weighted by Gasteiger charge is -2.14. The number of ether oxygens (including phenoxy) is 1. The van der Waals surface area contributed by atoms with Crippen molar-refractivity contribution in [3.63, 3.8) is 0 Å². The van der Waals surface area contributed by atoms with Crippen molar-refractivity contribution in [2.75, 3.05) is 38.7 Å². The van der Waals surface area contributed by atoms with Crippen LogP contribution >= 0.6 is 0 Å². The predicted molar refractivity (Wildman–Crippen MR) is 78.4 cm³/mol. The Morgan fingerprint density at radius 2 is 1.89 bits per heavy atom. The summed E-state index contributed by atoms with van der Waals surface area (Å²) in [6, 6.07) is 8.53. The van der Waals surface area contributed by atoms with Crippen LogP contribution in [0.15, 0.2) is 24.3 Å². The monoisotopic (exact) mass is 250 g/mol. The van der Waals surface area contributed by atoms with Gasteiger partial charge in [-0.05, 0) is 30.5 Å². The van der Waals surface area contributed by atoms with E-state index < -0.39 is 0 Å². The van der Waals surface area contributed by atoms with Gasteiger partial charge in [0.25, 0.3) is 0 Å². The second-order valence-corrected chi connectivity index (χ2v) is 4.77. The van der Waals surface area contributed by atoms with Crippen LogP contribution in [0.1, 0.15) is 31.7 Å². The lowest BCUT2D eigenvalue weighted by atomic mass is 10.0. The van der Waals surface area contributed by atoms with E-state index in [1.807, 2.05) is 0 Å². The number of para-hydroxylation sites is 1. The molecule has 0 spiro atoms. The van der Waals surface area contributed by atoms with Crippen molar-refractivity contribution in [3.8, 4) is 0 Å². The molecule has 3 heteroatoms. The lowest BCUT2D eigenvalue weighted by Crippen LogP contribution is -2.24. The molecule has 0 amide bonds. The van der Waals surface area contributed by atoms with Crippen LogP contribution in [0, 0.1) is 0 Å². The summed E-state index contributed by atoms with van der Waals surface area (Å²) >= 11 is 0. The number of hydrogen-bond acceptors (Lipinski definition) is 3. The third kappa shape index (κ3) is 5.52. The summed E-state index contributed by atoms with van der Waals surface area (Å²) in [5, 5.41) is 6.89. The number of methoxy groups -OCH3 is 1. The SMILES string of the molecule is COCCCNCCNc1ccccc1C(C)C. The fourth-order valence-electron chi connectivity index (χ4n) is 1.91. The third-order valence-corrected chi connectivity index (χ3v) is 2.90. The molecule has 1 aromatic rings. The molecule has 0 bridgehead atoms. The zero-order chi connectivity index (χ0) is 13.2. The van der Waals surface area contributed by atoms with Gasteiger partial charge in [0.05, 0.1) is 0 Å². The number of anilines is 1. The second kappa shape index (κ2) is 8.95. The highest BCUT2D eigenvalue weighted by atomic mass is 16.5. The van der Waals surface area contributed by atoms with E-state index in [0.29, 0.717) is 5.92 Å². The van der Waals surface area contributed by atoms with E-state index in [1.54, 1.807) is 7.11 Å². The van der Waals surface area contributed by atoms with Gasteiger partial charge in [-0.3, -0.25) is 0 Å². The maximum atomic E-state index is 5.00. The molecule has 0 atom stereocenters. The van der Waals surface area contributed by atoms with E-state index in [1.165, 1.54) is 11.3 Å². The minimum atomic E-state index is 0.559. The zero-order valence-electron chi connectivity index (χ0n) is 11.8. The van der Waals surface area contributed by atoms with Gasteiger partial charge in [-0.1, -0.05) is 32.0 Å². The highest BCUT2D eigenvalue weighted by Crippen LogP contribution is 2.23. The molecule has 0 saturated heterocycles. The smallest absolute Gasteiger partial charge is 0.0474 e. The van der Waals surface area contributed by atoms with E-state index in [0.717, 1.165) is 32.7 Å². The molecule has 0 heterocycles. The fraction of sp³-hybridized carbons (Fsp3) is 0.600. The first-order valence-corrected chi connectivity index (χ1v) is 6.78. The second-order valence-electron chi connectivity index (χ2n) is 4.77. The topological polar surface area (TPSA) is 33.3 Å². The van der Waals surface area contributed by atoms with Crippen molar-refractivity contribution in [1.29, 1.82) is 0 Å². The third-order valence-electron chi connectivity index (χ3n) is 2.90. The zero-order valence-corrected chi connectivity index (χ0v) is 11.8. The van der Waals surface area contributed by atoms with Crippen molar-refractivity contribution < 1.29 is 4.74 Å². The average molecular weight is 250 g/mol. The van der Waals surface area contributed by atoms with Crippen LogP contribution in [0.2, 0.25) is 0 Å². The molecule has 0 aliphatic heterocycles. The van der Waals surface area contributed by atoms with Crippen molar-refractivity contribution >= 4 is 5.69 Å². The molecule has 0 aliphatic carbocycles. The lowest BCUT2D eigenvalue weighted by molar-refractivity contribution is 0.194. The molecule has 2 N–H and O–H groups in total. The summed E-state index contributed by atoms with van der Waals surface area (Å²) < 4.78 is 5.00. The fourth-order valence-corrected chi connectivity index (χ4v) is 1.91. The quantitative estimate of drug-likeness (QED) is 0.661. The van der Waals surface area contributed by atoms with Crippen LogP contribution in [-0.2, 0) is 4.74 Å². The summed E-state index contributed by atoms with van der Waals surface area (Å²) in [6.07, 6.45) is 1.07. The molecule has 1 aromatic carbocycles. The van der Waals surface area contributed by atoms with Crippen LogP contribution in [0.5, 0.6) is 0 Å². The van der Waals surface area contributed by atoms with Crippen LogP contribution in [0.4, 0.5) is 5.69 Å². The highest BCUT2D eigenvalue weighted by Gasteiger charge is 2.04. The van der Waals surface area contributed by atoms with Crippen LogP contribution in [0.3, 0.4) is 0 Å². The van der Waals surface area contributed by atoms with Gasteiger partial charge in [-0.25, -0.2) is 0 Å². The number of rotatable bonds is 9. The Kier molecular flexibility index (Phi) is 7.46. The molecule has 3 nitrogen and oxygen atoms in total. The standard InChI is InChI=1S/C15H26N2O/c1-13(2)14-7-4-5-8-15(14)17-11-10-16-9-6-12-18-3/h4-5,7-8,13,16-17H,6,9-12H2,1-3H3. The highest BCUT2D eigenvalue weighted by molar-refractivity contribution is 5.52. The van der Waals surface area contributed by atoms with Crippen LogP contribution in [0.25, 0.3) is 0 Å². The predicted octanol–water partition coefficient (Wildman–Crippen LogP) is 2.85. The Balaban J connectivity index is 2.23. The van der Waals surface area contributed by atoms with Gasteiger partial charge in [-0.2, -0.15) is 0 Å². The van der Waals surface area contributed by atoms with E-state index in [-0.39, 0.29) is 0 Å². The normalized spacial score (nSPS) is 10.9. The Morgan fingerprint density at radius 1 is 1.11 bits per heavy atom. The van der Waals surface area contributed by atoms with Crippen molar-refractivity contribution in [3.05, 3.63) is 29.8 Å². The van der Waals surface area contributed by atoms with E-state index >= 15 is 0 Å². The molecule has 0 aliphatic rings. The van der Waals surface area contributed by atoms with E-state index in [4.69, 9.17) is 4.74 Å². The first-order chi connectivity index (χ1) is 8.75.